The Morgan fingerprint density at radius 3 is 2.25 bits per heavy atom. The van der Waals surface area contributed by atoms with Gasteiger partial charge >= 0.3 is 6.09 Å². The van der Waals surface area contributed by atoms with Crippen LogP contribution in [0.15, 0.2) is 37.0 Å². The molecule has 5 nitrogen and oxygen atoms in total. The molecule has 0 rings (SSSR count). The third-order valence-corrected chi connectivity index (χ3v) is 1.90. The summed E-state index contributed by atoms with van der Waals surface area (Å²) in [5.41, 5.74) is 0.561. The first-order valence-corrected chi connectivity index (χ1v) is 6.21. The van der Waals surface area contributed by atoms with E-state index >= 15 is 0 Å². The highest BCUT2D eigenvalue weighted by Gasteiger charge is 2.17. The molecule has 0 aliphatic rings. The van der Waals surface area contributed by atoms with Gasteiger partial charge in [-0.25, -0.2) is 4.79 Å². The number of carbonyl (C=O) groups excluding carboxylic acids is 1. The molecule has 0 aromatic heterocycles. The van der Waals surface area contributed by atoms with Crippen molar-refractivity contribution in [3.8, 4) is 0 Å². The summed E-state index contributed by atoms with van der Waals surface area (Å²) in [7, 11) is 0. The maximum atomic E-state index is 11.5. The standard InChI is InChI=1S/C14H23NO2.CH2O2/c1-7-9-12(8-2)10-11(3)15-13(16)17-14(4,5)6;2-1-3/h7-9,11H,1-2,10H2,3-6H3,(H,15,16);1H,(H,2,3)/b12-9+;. The predicted molar refractivity (Wildman–Crippen MR) is 80.6 cm³/mol. The van der Waals surface area contributed by atoms with Crippen molar-refractivity contribution in [3.05, 3.63) is 37.0 Å². The van der Waals surface area contributed by atoms with E-state index in [1.807, 2.05) is 33.8 Å². The van der Waals surface area contributed by atoms with Gasteiger partial charge in [0.1, 0.15) is 5.60 Å². The van der Waals surface area contributed by atoms with Crippen molar-refractivity contribution >= 4 is 12.6 Å². The lowest BCUT2D eigenvalue weighted by Gasteiger charge is -2.22. The Bertz CT molecular complexity index is 353. The van der Waals surface area contributed by atoms with Crippen LogP contribution in [0.25, 0.3) is 0 Å². The molecule has 1 unspecified atom stereocenters. The van der Waals surface area contributed by atoms with Gasteiger partial charge in [0.05, 0.1) is 0 Å². The fraction of sp³-hybridized carbons (Fsp3) is 0.467. The average molecular weight is 283 g/mol. The highest BCUT2D eigenvalue weighted by molar-refractivity contribution is 5.68. The number of amides is 1. The fourth-order valence-corrected chi connectivity index (χ4v) is 1.28. The van der Waals surface area contributed by atoms with Gasteiger partial charge in [-0.15, -0.1) is 0 Å². The molecule has 2 N–H and O–H groups in total. The Labute approximate surface area is 121 Å². The summed E-state index contributed by atoms with van der Waals surface area (Å²) in [6.07, 6.45) is 5.65. The fourth-order valence-electron chi connectivity index (χ4n) is 1.28. The van der Waals surface area contributed by atoms with Gasteiger partial charge in [0.2, 0.25) is 0 Å². The van der Waals surface area contributed by atoms with Crippen LogP contribution in [0.3, 0.4) is 0 Å². The van der Waals surface area contributed by atoms with E-state index < -0.39 is 11.7 Å². The van der Waals surface area contributed by atoms with Crippen molar-refractivity contribution in [3.63, 3.8) is 0 Å². The number of alkyl carbamates (subject to hydrolysis) is 1. The second-order valence-corrected chi connectivity index (χ2v) is 5.04. The van der Waals surface area contributed by atoms with Crippen LogP contribution >= 0.6 is 0 Å². The summed E-state index contributed by atoms with van der Waals surface area (Å²) in [6, 6.07) is -0.00551. The minimum Gasteiger partial charge on any atom is -0.483 e. The van der Waals surface area contributed by atoms with Crippen LogP contribution in [0, 0.1) is 0 Å². The molecule has 5 heteroatoms. The summed E-state index contributed by atoms with van der Waals surface area (Å²) in [5.74, 6) is 0. The van der Waals surface area contributed by atoms with Gasteiger partial charge in [-0.05, 0) is 39.7 Å². The molecule has 0 fully saturated rings. The monoisotopic (exact) mass is 283 g/mol. The second kappa shape index (κ2) is 10.8. The topological polar surface area (TPSA) is 75.6 Å². The molecule has 0 bridgehead atoms. The molecule has 0 aromatic rings. The van der Waals surface area contributed by atoms with E-state index in [0.29, 0.717) is 6.42 Å². The minimum absolute atomic E-state index is 0.00551. The van der Waals surface area contributed by atoms with Crippen LogP contribution in [0.1, 0.15) is 34.1 Å². The van der Waals surface area contributed by atoms with Gasteiger partial charge < -0.3 is 15.2 Å². The van der Waals surface area contributed by atoms with Crippen LogP contribution in [-0.2, 0) is 9.53 Å². The first-order valence-electron chi connectivity index (χ1n) is 6.21. The summed E-state index contributed by atoms with van der Waals surface area (Å²) in [4.78, 5) is 19.9. The van der Waals surface area contributed by atoms with E-state index in [4.69, 9.17) is 14.6 Å². The first kappa shape index (κ1) is 20.3. The zero-order chi connectivity index (χ0) is 16.2. The lowest BCUT2D eigenvalue weighted by Crippen LogP contribution is -2.37. The van der Waals surface area contributed by atoms with E-state index in [9.17, 15) is 4.79 Å². The Kier molecular flexibility index (Phi) is 11.0. The predicted octanol–water partition coefficient (Wildman–Crippen LogP) is 3.29. The van der Waals surface area contributed by atoms with Crippen LogP contribution in [-0.4, -0.2) is 29.3 Å². The van der Waals surface area contributed by atoms with Crippen LogP contribution < -0.4 is 5.32 Å². The summed E-state index contributed by atoms with van der Waals surface area (Å²) in [5, 5.41) is 9.66. The molecule has 0 saturated heterocycles. The Morgan fingerprint density at radius 1 is 1.40 bits per heavy atom. The average Bonchev–Trinajstić information content (AvgIpc) is 2.26. The zero-order valence-electron chi connectivity index (χ0n) is 12.7. The van der Waals surface area contributed by atoms with E-state index in [2.05, 4.69) is 18.5 Å². The van der Waals surface area contributed by atoms with Gasteiger partial charge in [-0.2, -0.15) is 0 Å². The summed E-state index contributed by atoms with van der Waals surface area (Å²) >= 11 is 0. The second-order valence-electron chi connectivity index (χ2n) is 5.04. The van der Waals surface area contributed by atoms with Crippen molar-refractivity contribution in [1.82, 2.24) is 5.32 Å². The molecule has 0 aromatic carbocycles. The number of carbonyl (C=O) groups is 2. The molecule has 0 aliphatic heterocycles. The Balaban J connectivity index is 0. The smallest absolute Gasteiger partial charge is 0.407 e. The number of allylic oxidation sites excluding steroid dienone is 3. The van der Waals surface area contributed by atoms with Gasteiger partial charge in [0.15, 0.2) is 0 Å². The van der Waals surface area contributed by atoms with Crippen molar-refractivity contribution in [2.75, 3.05) is 0 Å². The molecule has 0 radical (unpaired) electrons. The van der Waals surface area contributed by atoms with Gasteiger partial charge in [-0.3, -0.25) is 4.79 Å². The molecule has 0 aliphatic carbocycles. The third kappa shape index (κ3) is 14.0. The van der Waals surface area contributed by atoms with Crippen LogP contribution in [0.4, 0.5) is 4.79 Å². The summed E-state index contributed by atoms with van der Waals surface area (Å²) in [6.45, 7) is 14.5. The minimum atomic E-state index is -0.470. The van der Waals surface area contributed by atoms with Crippen LogP contribution in [0.2, 0.25) is 0 Å². The number of nitrogens with one attached hydrogen (secondary N) is 1. The summed E-state index contributed by atoms with van der Waals surface area (Å²) < 4.78 is 5.17. The van der Waals surface area contributed by atoms with Crippen molar-refractivity contribution in [2.24, 2.45) is 0 Å². The first-order chi connectivity index (χ1) is 9.19. The SMILES string of the molecule is C=C/C=C(\C=C)CC(C)NC(=O)OC(C)(C)C.O=CO. The van der Waals surface area contributed by atoms with E-state index in [0.717, 1.165) is 5.57 Å². The van der Waals surface area contributed by atoms with E-state index in [-0.39, 0.29) is 12.5 Å². The number of carboxylic acid groups (broad SMARTS) is 1. The molecule has 0 saturated carbocycles. The maximum absolute atomic E-state index is 11.5. The Hall–Kier alpha value is -2.04. The highest BCUT2D eigenvalue weighted by Crippen LogP contribution is 2.09. The lowest BCUT2D eigenvalue weighted by molar-refractivity contribution is -0.122. The van der Waals surface area contributed by atoms with Crippen molar-refractivity contribution in [1.29, 1.82) is 0 Å². The number of rotatable bonds is 5. The van der Waals surface area contributed by atoms with Crippen molar-refractivity contribution < 1.29 is 19.4 Å². The third-order valence-electron chi connectivity index (χ3n) is 1.90. The van der Waals surface area contributed by atoms with E-state index in [1.54, 1.807) is 12.2 Å². The molecule has 1 amide bonds. The van der Waals surface area contributed by atoms with Gasteiger partial charge in [0.25, 0.3) is 6.47 Å². The number of ether oxygens (including phenoxy) is 1. The molecule has 1 atom stereocenters. The Morgan fingerprint density at radius 2 is 1.90 bits per heavy atom. The molecule has 114 valence electrons. The zero-order valence-corrected chi connectivity index (χ0v) is 12.7. The molecule has 0 heterocycles. The molecular formula is C15H25NO4. The van der Waals surface area contributed by atoms with Gasteiger partial charge in [0, 0.05) is 6.04 Å². The van der Waals surface area contributed by atoms with Crippen molar-refractivity contribution in [2.45, 2.75) is 45.8 Å². The number of hydrogen-bond donors (Lipinski definition) is 2. The maximum Gasteiger partial charge on any atom is 0.407 e. The van der Waals surface area contributed by atoms with Crippen LogP contribution in [0.5, 0.6) is 0 Å². The lowest BCUT2D eigenvalue weighted by atomic mass is 10.1. The molecular weight excluding hydrogens is 258 g/mol. The van der Waals surface area contributed by atoms with E-state index in [1.165, 1.54) is 0 Å². The largest absolute Gasteiger partial charge is 0.483 e. The highest BCUT2D eigenvalue weighted by atomic mass is 16.6. The quantitative estimate of drug-likeness (QED) is 0.599. The molecule has 0 spiro atoms. The van der Waals surface area contributed by atoms with Gasteiger partial charge in [-0.1, -0.05) is 31.4 Å². The molecule has 20 heavy (non-hydrogen) atoms. The number of hydrogen-bond acceptors (Lipinski definition) is 3. The normalized spacial score (nSPS) is 12.3.